The molecule has 1 aliphatic rings. The Morgan fingerprint density at radius 1 is 1.56 bits per heavy atom. The van der Waals surface area contributed by atoms with Gasteiger partial charge in [-0.15, -0.1) is 0 Å². The third kappa shape index (κ3) is 1.39. The van der Waals surface area contributed by atoms with Gasteiger partial charge in [0.15, 0.2) is 0 Å². The minimum atomic E-state index is -2.49. The van der Waals surface area contributed by atoms with Gasteiger partial charge in [0.05, 0.1) is 13.2 Å². The highest BCUT2D eigenvalue weighted by atomic mass is 19.3. The van der Waals surface area contributed by atoms with Crippen LogP contribution in [0.2, 0.25) is 0 Å². The molecule has 0 bridgehead atoms. The van der Waals surface area contributed by atoms with Crippen molar-refractivity contribution >= 4 is 0 Å². The molecule has 1 heterocycles. The monoisotopic (exact) mass is 136 g/mol. The van der Waals surface area contributed by atoms with E-state index in [-0.39, 0.29) is 19.6 Å². The van der Waals surface area contributed by atoms with Crippen LogP contribution in [0.3, 0.4) is 0 Å². The van der Waals surface area contributed by atoms with E-state index in [0.29, 0.717) is 0 Å². The maximum absolute atomic E-state index is 12.5. The largest absolute Gasteiger partial charge is 0.381 e. The zero-order valence-electron chi connectivity index (χ0n) is 5.36. The predicted molar refractivity (Wildman–Crippen MR) is 29.5 cm³/mol. The molecule has 1 fully saturated rings. The highest BCUT2D eigenvalue weighted by molar-refractivity contribution is 4.76. The molecular formula is C6H10F2O. The first kappa shape index (κ1) is 6.93. The van der Waals surface area contributed by atoms with Crippen LogP contribution in [0.15, 0.2) is 0 Å². The molecule has 0 aliphatic carbocycles. The quantitative estimate of drug-likeness (QED) is 0.492. The van der Waals surface area contributed by atoms with Crippen molar-refractivity contribution < 1.29 is 13.5 Å². The molecule has 1 saturated heterocycles. The summed E-state index contributed by atoms with van der Waals surface area (Å²) in [6.45, 7) is 1.92. The summed E-state index contributed by atoms with van der Waals surface area (Å²) in [6.07, 6.45) is -0.117. The lowest BCUT2D eigenvalue weighted by molar-refractivity contribution is -0.134. The molecule has 1 rings (SSSR count). The van der Waals surface area contributed by atoms with Gasteiger partial charge in [-0.2, -0.15) is 0 Å². The first-order chi connectivity index (χ1) is 4.13. The predicted octanol–water partition coefficient (Wildman–Crippen LogP) is 1.68. The average Bonchev–Trinajstić information content (AvgIpc) is 1.77. The van der Waals surface area contributed by atoms with Crippen LogP contribution in [0.25, 0.3) is 0 Å². The number of halogens is 2. The Kier molecular flexibility index (Phi) is 1.70. The summed E-state index contributed by atoms with van der Waals surface area (Å²) in [4.78, 5) is 0. The van der Waals surface area contributed by atoms with Gasteiger partial charge < -0.3 is 4.74 Å². The smallest absolute Gasteiger partial charge is 0.255 e. The highest BCUT2D eigenvalue weighted by Gasteiger charge is 2.38. The molecule has 9 heavy (non-hydrogen) atoms. The summed E-state index contributed by atoms with van der Waals surface area (Å²) in [5.41, 5.74) is 0. The first-order valence-electron chi connectivity index (χ1n) is 3.08. The number of hydrogen-bond donors (Lipinski definition) is 0. The number of alkyl halides is 2. The molecule has 1 nitrogen and oxygen atoms in total. The zero-order valence-corrected chi connectivity index (χ0v) is 5.36. The lowest BCUT2D eigenvalue weighted by atomic mass is 10.0. The number of hydrogen-bond acceptors (Lipinski definition) is 1. The van der Waals surface area contributed by atoms with Crippen LogP contribution < -0.4 is 0 Å². The second kappa shape index (κ2) is 2.21. The Morgan fingerprint density at radius 2 is 2.22 bits per heavy atom. The molecule has 1 unspecified atom stereocenters. The Morgan fingerprint density at radius 3 is 2.56 bits per heavy atom. The summed E-state index contributed by atoms with van der Waals surface area (Å²) < 4.78 is 29.9. The van der Waals surface area contributed by atoms with Crippen molar-refractivity contribution in [2.45, 2.75) is 19.3 Å². The van der Waals surface area contributed by atoms with E-state index in [1.165, 1.54) is 6.92 Å². The molecule has 0 amide bonds. The van der Waals surface area contributed by atoms with Gasteiger partial charge in [0.2, 0.25) is 0 Å². The van der Waals surface area contributed by atoms with E-state index in [9.17, 15) is 8.78 Å². The van der Waals surface area contributed by atoms with Crippen molar-refractivity contribution in [3.63, 3.8) is 0 Å². The average molecular weight is 136 g/mol. The van der Waals surface area contributed by atoms with Crippen molar-refractivity contribution in [2.24, 2.45) is 5.92 Å². The van der Waals surface area contributed by atoms with Gasteiger partial charge >= 0.3 is 0 Å². The van der Waals surface area contributed by atoms with Gasteiger partial charge in [-0.3, -0.25) is 0 Å². The Bertz CT molecular complexity index is 103. The summed E-state index contributed by atoms with van der Waals surface area (Å²) in [7, 11) is 0. The van der Waals surface area contributed by atoms with E-state index in [1.54, 1.807) is 0 Å². The van der Waals surface area contributed by atoms with Crippen LogP contribution in [0.1, 0.15) is 13.3 Å². The molecule has 0 saturated carbocycles. The van der Waals surface area contributed by atoms with E-state index < -0.39 is 11.8 Å². The molecule has 0 aromatic heterocycles. The summed E-state index contributed by atoms with van der Waals surface area (Å²) in [6, 6.07) is 0. The van der Waals surface area contributed by atoms with Gasteiger partial charge in [-0.25, -0.2) is 8.78 Å². The lowest BCUT2D eigenvalue weighted by Gasteiger charge is -2.28. The van der Waals surface area contributed by atoms with E-state index in [1.807, 2.05) is 0 Å². The molecular weight excluding hydrogens is 126 g/mol. The second-order valence-electron chi connectivity index (χ2n) is 2.49. The molecule has 1 aliphatic heterocycles. The van der Waals surface area contributed by atoms with E-state index >= 15 is 0 Å². The molecule has 0 radical (unpaired) electrons. The second-order valence-corrected chi connectivity index (χ2v) is 2.49. The van der Waals surface area contributed by atoms with Gasteiger partial charge in [-0.05, 0) is 0 Å². The first-order valence-corrected chi connectivity index (χ1v) is 3.08. The van der Waals surface area contributed by atoms with Gasteiger partial charge in [0.25, 0.3) is 5.92 Å². The van der Waals surface area contributed by atoms with E-state index in [2.05, 4.69) is 0 Å². The molecule has 0 N–H and O–H groups in total. The molecule has 0 aromatic rings. The fraction of sp³-hybridized carbons (Fsp3) is 1.00. The van der Waals surface area contributed by atoms with Gasteiger partial charge in [0, 0.05) is 12.3 Å². The maximum Gasteiger partial charge on any atom is 0.255 e. The lowest BCUT2D eigenvalue weighted by Crippen LogP contribution is -2.35. The number of ether oxygens (including phenoxy) is 1. The third-order valence-electron chi connectivity index (χ3n) is 1.67. The minimum absolute atomic E-state index is 0.117. The highest BCUT2D eigenvalue weighted by Crippen LogP contribution is 2.31. The fourth-order valence-corrected chi connectivity index (χ4v) is 0.837. The molecule has 54 valence electrons. The SMILES string of the molecule is CC1COCCC1(F)F. The zero-order chi connectivity index (χ0) is 6.91. The van der Waals surface area contributed by atoms with Gasteiger partial charge in [0.1, 0.15) is 0 Å². The van der Waals surface area contributed by atoms with Crippen molar-refractivity contribution in [1.29, 1.82) is 0 Å². The van der Waals surface area contributed by atoms with Crippen LogP contribution in [0.4, 0.5) is 8.78 Å². The summed E-state index contributed by atoms with van der Waals surface area (Å²) >= 11 is 0. The van der Waals surface area contributed by atoms with Crippen LogP contribution in [-0.2, 0) is 4.74 Å². The van der Waals surface area contributed by atoms with Crippen LogP contribution in [0, 0.1) is 5.92 Å². The van der Waals surface area contributed by atoms with E-state index in [0.717, 1.165) is 0 Å². The van der Waals surface area contributed by atoms with E-state index in [4.69, 9.17) is 4.74 Å². The Balaban J connectivity index is 2.49. The van der Waals surface area contributed by atoms with Crippen molar-refractivity contribution in [1.82, 2.24) is 0 Å². The standard InChI is InChI=1S/C6H10F2O/c1-5-4-9-3-2-6(5,7)8/h5H,2-4H2,1H3. The van der Waals surface area contributed by atoms with Crippen LogP contribution >= 0.6 is 0 Å². The van der Waals surface area contributed by atoms with Crippen LogP contribution in [0.5, 0.6) is 0 Å². The Labute approximate surface area is 53.0 Å². The van der Waals surface area contributed by atoms with Crippen molar-refractivity contribution in [3.05, 3.63) is 0 Å². The normalized spacial score (nSPS) is 34.3. The Hall–Kier alpha value is -0.180. The minimum Gasteiger partial charge on any atom is -0.381 e. The fourth-order valence-electron chi connectivity index (χ4n) is 0.837. The van der Waals surface area contributed by atoms with Crippen molar-refractivity contribution in [2.75, 3.05) is 13.2 Å². The maximum atomic E-state index is 12.5. The summed E-state index contributed by atoms with van der Waals surface area (Å²) in [5.74, 6) is -3.09. The molecule has 3 heteroatoms. The molecule has 1 atom stereocenters. The molecule has 0 spiro atoms. The van der Waals surface area contributed by atoms with Crippen LogP contribution in [-0.4, -0.2) is 19.1 Å². The number of rotatable bonds is 0. The summed E-state index contributed by atoms with van der Waals surface area (Å²) in [5, 5.41) is 0. The third-order valence-corrected chi connectivity index (χ3v) is 1.67. The molecule has 0 aromatic carbocycles. The van der Waals surface area contributed by atoms with Crippen molar-refractivity contribution in [3.8, 4) is 0 Å². The topological polar surface area (TPSA) is 9.23 Å². The van der Waals surface area contributed by atoms with Gasteiger partial charge in [-0.1, -0.05) is 6.92 Å².